The first-order valence-corrected chi connectivity index (χ1v) is 8.12. The van der Waals surface area contributed by atoms with Crippen molar-refractivity contribution < 1.29 is 22.4 Å². The first-order chi connectivity index (χ1) is 12.2. The first kappa shape index (κ1) is 18.3. The van der Waals surface area contributed by atoms with Crippen molar-refractivity contribution in [3.05, 3.63) is 63.3 Å². The van der Waals surface area contributed by atoms with Crippen LogP contribution in [0.2, 0.25) is 0 Å². The molecule has 5 nitrogen and oxygen atoms in total. The average Bonchev–Trinajstić information content (AvgIpc) is 2.89. The van der Waals surface area contributed by atoms with Gasteiger partial charge >= 0.3 is 6.18 Å². The van der Waals surface area contributed by atoms with Gasteiger partial charge in [0.2, 0.25) is 0 Å². The van der Waals surface area contributed by atoms with Gasteiger partial charge in [-0.05, 0) is 46.6 Å². The van der Waals surface area contributed by atoms with Crippen LogP contribution in [0, 0.1) is 12.7 Å². The fraction of sp³-hybridized carbons (Fsp3) is 0.188. The number of hydrogen-bond donors (Lipinski definition) is 1. The van der Waals surface area contributed by atoms with E-state index in [1.165, 1.54) is 31.2 Å². The summed E-state index contributed by atoms with van der Waals surface area (Å²) in [6, 6.07) is 6.31. The van der Waals surface area contributed by atoms with E-state index in [4.69, 9.17) is 0 Å². The zero-order chi connectivity index (χ0) is 19.1. The molecule has 0 saturated heterocycles. The number of benzene rings is 1. The normalized spacial score (nSPS) is 11.8. The van der Waals surface area contributed by atoms with Gasteiger partial charge in [0.25, 0.3) is 5.91 Å². The number of carbonyl (C=O) groups excluding carboxylic acids is 1. The average molecular weight is 431 g/mol. The maximum absolute atomic E-state index is 13.2. The predicted molar refractivity (Wildman–Crippen MR) is 88.0 cm³/mol. The molecule has 0 aliphatic carbocycles. The van der Waals surface area contributed by atoms with Crippen LogP contribution in [-0.2, 0) is 12.7 Å². The van der Waals surface area contributed by atoms with Crippen LogP contribution in [0.3, 0.4) is 0 Å². The second-order valence-corrected chi connectivity index (χ2v) is 6.28. The number of aryl methyl sites for hydroxylation is 1. The molecule has 0 fully saturated rings. The minimum absolute atomic E-state index is 0.0586. The van der Waals surface area contributed by atoms with E-state index in [9.17, 15) is 22.4 Å². The Kier molecular flexibility index (Phi) is 4.70. The van der Waals surface area contributed by atoms with Crippen LogP contribution >= 0.6 is 15.9 Å². The summed E-state index contributed by atoms with van der Waals surface area (Å²) in [6.07, 6.45) is -4.65. The summed E-state index contributed by atoms with van der Waals surface area (Å²) in [4.78, 5) is 16.3. The van der Waals surface area contributed by atoms with E-state index in [2.05, 4.69) is 31.3 Å². The summed E-state index contributed by atoms with van der Waals surface area (Å²) < 4.78 is 53.1. The Morgan fingerprint density at radius 2 is 1.92 bits per heavy atom. The van der Waals surface area contributed by atoms with Crippen molar-refractivity contribution in [3.63, 3.8) is 0 Å². The van der Waals surface area contributed by atoms with Crippen molar-refractivity contribution in [1.29, 1.82) is 0 Å². The van der Waals surface area contributed by atoms with E-state index in [0.29, 0.717) is 10.1 Å². The van der Waals surface area contributed by atoms with Crippen LogP contribution < -0.4 is 5.32 Å². The van der Waals surface area contributed by atoms with Gasteiger partial charge in [0, 0.05) is 12.2 Å². The number of nitrogens with zero attached hydrogens (tertiary/aromatic N) is 3. The summed E-state index contributed by atoms with van der Waals surface area (Å²) in [6.45, 7) is 1.49. The monoisotopic (exact) mass is 430 g/mol. The number of rotatable bonds is 3. The number of nitrogens with one attached hydrogen (secondary N) is 1. The third kappa shape index (κ3) is 3.55. The maximum atomic E-state index is 13.2. The summed E-state index contributed by atoms with van der Waals surface area (Å²) in [5.41, 5.74) is -0.591. The Labute approximate surface area is 153 Å². The van der Waals surface area contributed by atoms with Crippen LogP contribution in [-0.4, -0.2) is 20.5 Å². The van der Waals surface area contributed by atoms with Gasteiger partial charge in [0.1, 0.15) is 11.5 Å². The molecule has 26 heavy (non-hydrogen) atoms. The van der Waals surface area contributed by atoms with Crippen molar-refractivity contribution in [2.45, 2.75) is 19.6 Å². The van der Waals surface area contributed by atoms with Gasteiger partial charge in [0.15, 0.2) is 11.3 Å². The minimum atomic E-state index is -4.65. The third-order valence-electron chi connectivity index (χ3n) is 3.53. The number of hydrogen-bond acceptors (Lipinski definition) is 3. The van der Waals surface area contributed by atoms with Crippen LogP contribution in [0.5, 0.6) is 0 Å². The fourth-order valence-corrected chi connectivity index (χ4v) is 2.84. The van der Waals surface area contributed by atoms with Crippen LogP contribution in [0.25, 0.3) is 5.65 Å². The number of aromatic nitrogens is 3. The van der Waals surface area contributed by atoms with Gasteiger partial charge < -0.3 is 5.32 Å². The molecule has 1 N–H and O–H groups in total. The minimum Gasteiger partial charge on any atom is -0.347 e. The molecule has 0 radical (unpaired) electrons. The number of halogens is 5. The van der Waals surface area contributed by atoms with Crippen molar-refractivity contribution in [2.24, 2.45) is 0 Å². The molecule has 2 heterocycles. The smallest absolute Gasteiger partial charge is 0.347 e. The molecule has 0 unspecified atom stereocenters. The zero-order valence-corrected chi connectivity index (χ0v) is 14.8. The molecule has 10 heteroatoms. The van der Waals surface area contributed by atoms with E-state index in [1.54, 1.807) is 0 Å². The van der Waals surface area contributed by atoms with Gasteiger partial charge in [-0.3, -0.25) is 4.79 Å². The van der Waals surface area contributed by atoms with E-state index >= 15 is 0 Å². The van der Waals surface area contributed by atoms with Crippen LogP contribution in [0.15, 0.2) is 34.8 Å². The Bertz CT molecular complexity index is 983. The molecule has 1 amide bonds. The van der Waals surface area contributed by atoms with E-state index in [-0.39, 0.29) is 28.1 Å². The van der Waals surface area contributed by atoms with Gasteiger partial charge in [-0.2, -0.15) is 18.3 Å². The lowest BCUT2D eigenvalue weighted by Crippen LogP contribution is -2.24. The molecule has 0 aliphatic heterocycles. The van der Waals surface area contributed by atoms with Crippen molar-refractivity contribution in [2.75, 3.05) is 0 Å². The first-order valence-electron chi connectivity index (χ1n) is 7.32. The lowest BCUT2D eigenvalue weighted by Gasteiger charge is -2.09. The Morgan fingerprint density at radius 1 is 1.27 bits per heavy atom. The Balaban J connectivity index is 1.93. The number of alkyl halides is 3. The molecule has 3 rings (SSSR count). The molecule has 0 bridgehead atoms. The zero-order valence-electron chi connectivity index (χ0n) is 13.2. The van der Waals surface area contributed by atoms with E-state index < -0.39 is 23.6 Å². The largest absolute Gasteiger partial charge is 0.433 e. The van der Waals surface area contributed by atoms with Crippen molar-refractivity contribution in [1.82, 2.24) is 19.9 Å². The molecule has 3 aromatic rings. The SMILES string of the molecule is Cc1cc(C(F)(F)F)n2nc(C(=O)NCc3ccc(F)cc3)c(Br)c2n1. The lowest BCUT2D eigenvalue weighted by molar-refractivity contribution is -0.142. The van der Waals surface area contributed by atoms with Gasteiger partial charge in [-0.15, -0.1) is 0 Å². The highest BCUT2D eigenvalue weighted by molar-refractivity contribution is 9.10. The predicted octanol–water partition coefficient (Wildman–Crippen LogP) is 3.89. The summed E-state index contributed by atoms with van der Waals surface area (Å²) in [5.74, 6) is -1.10. The maximum Gasteiger partial charge on any atom is 0.433 e. The molecule has 0 saturated carbocycles. The molecule has 2 aromatic heterocycles. The molecule has 0 spiro atoms. The second kappa shape index (κ2) is 6.67. The second-order valence-electron chi connectivity index (χ2n) is 5.49. The van der Waals surface area contributed by atoms with E-state index in [1.807, 2.05) is 0 Å². The van der Waals surface area contributed by atoms with E-state index in [0.717, 1.165) is 6.07 Å². The molecule has 0 atom stereocenters. The van der Waals surface area contributed by atoms with Gasteiger partial charge in [-0.1, -0.05) is 12.1 Å². The Hall–Kier alpha value is -2.49. The van der Waals surface area contributed by atoms with Gasteiger partial charge in [-0.25, -0.2) is 13.9 Å². The fourth-order valence-electron chi connectivity index (χ4n) is 2.33. The third-order valence-corrected chi connectivity index (χ3v) is 4.26. The molecule has 136 valence electrons. The number of carbonyl (C=O) groups is 1. The summed E-state index contributed by atoms with van der Waals surface area (Å²) >= 11 is 3.10. The number of fused-ring (bicyclic) bond motifs is 1. The van der Waals surface area contributed by atoms with Crippen molar-refractivity contribution in [3.8, 4) is 0 Å². The highest BCUT2D eigenvalue weighted by Gasteiger charge is 2.36. The quantitative estimate of drug-likeness (QED) is 0.641. The highest BCUT2D eigenvalue weighted by Crippen LogP contribution is 2.32. The van der Waals surface area contributed by atoms with Gasteiger partial charge in [0.05, 0.1) is 4.47 Å². The Morgan fingerprint density at radius 3 is 2.54 bits per heavy atom. The molecular formula is C16H11BrF4N4O. The topological polar surface area (TPSA) is 59.3 Å². The lowest BCUT2D eigenvalue weighted by atomic mass is 10.2. The standard InChI is InChI=1S/C16H11BrF4N4O/c1-8-6-11(16(19,20)21)25-14(23-8)12(17)13(24-25)15(26)22-7-9-2-4-10(18)5-3-9/h2-6H,7H2,1H3,(H,22,26). The number of amides is 1. The highest BCUT2D eigenvalue weighted by atomic mass is 79.9. The molecule has 1 aromatic carbocycles. The summed E-state index contributed by atoms with van der Waals surface area (Å²) in [5, 5.41) is 6.29. The molecule has 0 aliphatic rings. The summed E-state index contributed by atoms with van der Waals surface area (Å²) in [7, 11) is 0. The van der Waals surface area contributed by atoms with Crippen molar-refractivity contribution >= 4 is 27.5 Å². The van der Waals surface area contributed by atoms with Crippen LogP contribution in [0.1, 0.15) is 27.4 Å². The molecular weight excluding hydrogens is 420 g/mol. The van der Waals surface area contributed by atoms with Crippen LogP contribution in [0.4, 0.5) is 17.6 Å².